The van der Waals surface area contributed by atoms with Crippen LogP contribution in [0.3, 0.4) is 0 Å². The van der Waals surface area contributed by atoms with Crippen LogP contribution in [0.5, 0.6) is 0 Å². The Balaban J connectivity index is 4.18. The first-order valence-electron chi connectivity index (χ1n) is 2.43. The van der Waals surface area contributed by atoms with E-state index in [2.05, 4.69) is 4.18 Å². The first-order valence-corrected chi connectivity index (χ1v) is 3.79. The van der Waals surface area contributed by atoms with Crippen LogP contribution in [0.1, 0.15) is 0 Å². The van der Waals surface area contributed by atoms with Crippen LogP contribution >= 0.6 is 0 Å². The Bertz CT molecular complexity index is 310. The minimum absolute atomic E-state index is 0.343. The molecular weight excluding hydrogens is 192 g/mol. The van der Waals surface area contributed by atoms with Crippen molar-refractivity contribution in [1.29, 1.82) is 0 Å². The van der Waals surface area contributed by atoms with Gasteiger partial charge in [0.1, 0.15) is 0 Å². The average Bonchev–Trinajstić information content (AvgIpc) is 1.79. The largest absolute Gasteiger partial charge is 0.478 e. The molecule has 0 aliphatic carbocycles. The normalized spacial score (nSPS) is 11.4. The molecule has 8 heteroatoms. The van der Waals surface area contributed by atoms with Gasteiger partial charge in [0.25, 0.3) is 0 Å². The molecule has 0 heterocycles. The van der Waals surface area contributed by atoms with Gasteiger partial charge < -0.3 is 9.29 Å². The lowest BCUT2D eigenvalue weighted by Gasteiger charge is -1.92. The molecule has 0 atom stereocenters. The van der Waals surface area contributed by atoms with E-state index in [4.69, 9.17) is 9.66 Å². The molecule has 0 aliphatic rings. The van der Waals surface area contributed by atoms with Crippen LogP contribution in [0.4, 0.5) is 0 Å². The number of rotatable bonds is 3. The van der Waals surface area contributed by atoms with Crippen molar-refractivity contribution in [3.05, 3.63) is 12.2 Å². The van der Waals surface area contributed by atoms with Crippen LogP contribution in [0.2, 0.25) is 0 Å². The zero-order chi connectivity index (χ0) is 9.78. The topological polar surface area (TPSA) is 118 Å². The molecule has 0 radical (unpaired) electrons. The number of carboxylic acids is 1. The summed E-state index contributed by atoms with van der Waals surface area (Å²) in [6.45, 7) is 0. The van der Waals surface area contributed by atoms with Crippen molar-refractivity contribution >= 4 is 22.3 Å². The third kappa shape index (κ3) is 6.71. The molecule has 0 bridgehead atoms. The molecule has 2 N–H and O–H groups in total. The average molecular weight is 196 g/mol. The highest BCUT2D eigenvalue weighted by Gasteiger charge is 2.09. The highest BCUT2D eigenvalue weighted by atomic mass is 32.3. The molecule has 0 fully saturated rings. The fourth-order valence-electron chi connectivity index (χ4n) is 0.271. The van der Waals surface area contributed by atoms with Crippen molar-refractivity contribution < 1.29 is 31.8 Å². The van der Waals surface area contributed by atoms with Gasteiger partial charge in [-0.2, -0.15) is 8.42 Å². The lowest BCUT2D eigenvalue weighted by atomic mass is 10.5. The van der Waals surface area contributed by atoms with Crippen LogP contribution in [0.25, 0.3) is 0 Å². The zero-order valence-corrected chi connectivity index (χ0v) is 6.32. The van der Waals surface area contributed by atoms with Gasteiger partial charge in [0, 0.05) is 12.2 Å². The highest BCUT2D eigenvalue weighted by molar-refractivity contribution is 7.81. The first kappa shape index (κ1) is 10.6. The van der Waals surface area contributed by atoms with Gasteiger partial charge in [-0.15, -0.1) is 0 Å². The second kappa shape index (κ2) is 3.83. The lowest BCUT2D eigenvalue weighted by molar-refractivity contribution is -0.133. The summed E-state index contributed by atoms with van der Waals surface area (Å²) in [6, 6.07) is 0. The molecule has 12 heavy (non-hydrogen) atoms. The van der Waals surface area contributed by atoms with Gasteiger partial charge >= 0.3 is 22.3 Å². The Hall–Kier alpha value is -1.41. The number of aliphatic carboxylic acids is 1. The monoisotopic (exact) mass is 196 g/mol. The van der Waals surface area contributed by atoms with Crippen molar-refractivity contribution in [2.24, 2.45) is 0 Å². The summed E-state index contributed by atoms with van der Waals surface area (Å²) in [5.74, 6) is -2.93. The van der Waals surface area contributed by atoms with Gasteiger partial charge in [0.2, 0.25) is 0 Å². The highest BCUT2D eigenvalue weighted by Crippen LogP contribution is 1.88. The molecule has 0 amide bonds. The number of hydrogen-bond acceptors (Lipinski definition) is 5. The minimum atomic E-state index is -4.86. The second-order valence-electron chi connectivity index (χ2n) is 1.50. The number of carbonyl (C=O) groups is 2. The Morgan fingerprint density at radius 3 is 2.08 bits per heavy atom. The van der Waals surface area contributed by atoms with Gasteiger partial charge in [-0.1, -0.05) is 0 Å². The number of carboxylic acid groups (broad SMARTS) is 1. The maximum absolute atomic E-state index is 10.3. The van der Waals surface area contributed by atoms with E-state index < -0.39 is 22.3 Å². The summed E-state index contributed by atoms with van der Waals surface area (Å²) < 4.78 is 30.9. The van der Waals surface area contributed by atoms with E-state index in [0.29, 0.717) is 12.2 Å². The van der Waals surface area contributed by atoms with E-state index in [1.54, 1.807) is 0 Å². The van der Waals surface area contributed by atoms with Crippen LogP contribution in [-0.4, -0.2) is 30.0 Å². The smallest absolute Gasteiger partial charge is 0.449 e. The van der Waals surface area contributed by atoms with Crippen molar-refractivity contribution in [2.45, 2.75) is 0 Å². The SMILES string of the molecule is O=C(O)C=CC(=O)OS(=O)(=O)O. The Kier molecular flexibility index (Phi) is 3.38. The predicted octanol–water partition coefficient (Wildman–Crippen LogP) is -1.03. The molecule has 0 rings (SSSR count). The molecular formula is C4H4O7S. The molecule has 0 aromatic carbocycles. The molecule has 0 aromatic heterocycles. The maximum atomic E-state index is 10.3. The summed E-state index contributed by atoms with van der Waals surface area (Å²) in [5.41, 5.74) is 0. The third-order valence-electron chi connectivity index (χ3n) is 0.549. The zero-order valence-electron chi connectivity index (χ0n) is 5.50. The first-order chi connectivity index (χ1) is 5.31. The maximum Gasteiger partial charge on any atom is 0.449 e. The molecule has 0 spiro atoms. The van der Waals surface area contributed by atoms with Crippen LogP contribution in [0, 0.1) is 0 Å². The quantitative estimate of drug-likeness (QED) is 0.437. The van der Waals surface area contributed by atoms with Crippen molar-refractivity contribution in [1.82, 2.24) is 0 Å². The molecule has 0 aromatic rings. The van der Waals surface area contributed by atoms with Gasteiger partial charge in [0.15, 0.2) is 0 Å². The molecule has 68 valence electrons. The Morgan fingerprint density at radius 2 is 1.75 bits per heavy atom. The van der Waals surface area contributed by atoms with E-state index in [0.717, 1.165) is 0 Å². The molecule has 0 saturated heterocycles. The van der Waals surface area contributed by atoms with Gasteiger partial charge in [0.05, 0.1) is 0 Å². The summed E-state index contributed by atoms with van der Waals surface area (Å²) in [6.07, 6.45) is 0.712. The second-order valence-corrected chi connectivity index (χ2v) is 2.52. The van der Waals surface area contributed by atoms with E-state index in [9.17, 15) is 18.0 Å². The fourth-order valence-corrected chi connectivity index (χ4v) is 0.534. The van der Waals surface area contributed by atoms with Crippen molar-refractivity contribution in [3.63, 3.8) is 0 Å². The fraction of sp³-hybridized carbons (Fsp3) is 0. The van der Waals surface area contributed by atoms with Crippen LogP contribution in [0.15, 0.2) is 12.2 Å². The summed E-state index contributed by atoms with van der Waals surface area (Å²) >= 11 is 0. The molecule has 0 unspecified atom stereocenters. The number of carbonyl (C=O) groups excluding carboxylic acids is 1. The summed E-state index contributed by atoms with van der Waals surface area (Å²) in [5, 5.41) is 7.95. The Labute approximate surface area is 67.2 Å². The summed E-state index contributed by atoms with van der Waals surface area (Å²) in [7, 11) is -4.86. The van der Waals surface area contributed by atoms with Gasteiger partial charge in [-0.05, 0) is 0 Å². The van der Waals surface area contributed by atoms with E-state index >= 15 is 0 Å². The molecule has 0 saturated carbocycles. The van der Waals surface area contributed by atoms with Crippen molar-refractivity contribution in [2.75, 3.05) is 0 Å². The molecule has 7 nitrogen and oxygen atoms in total. The van der Waals surface area contributed by atoms with Crippen molar-refractivity contribution in [3.8, 4) is 0 Å². The molecule has 0 aliphatic heterocycles. The Morgan fingerprint density at radius 1 is 1.25 bits per heavy atom. The number of hydrogen-bond donors (Lipinski definition) is 2. The van der Waals surface area contributed by atoms with E-state index in [1.807, 2.05) is 0 Å². The van der Waals surface area contributed by atoms with Crippen LogP contribution in [-0.2, 0) is 24.2 Å². The standard InChI is InChI=1S/C4H4O7S/c5-3(6)1-2-4(7)11-12(8,9)10/h1-2H,(H,5,6)(H,8,9,10). The van der Waals surface area contributed by atoms with Gasteiger partial charge in [-0.25, -0.2) is 9.59 Å². The predicted molar refractivity (Wildman–Crippen MR) is 34.4 cm³/mol. The lowest BCUT2D eigenvalue weighted by Crippen LogP contribution is -2.09. The summed E-state index contributed by atoms with van der Waals surface area (Å²) in [4.78, 5) is 20.0. The van der Waals surface area contributed by atoms with Crippen LogP contribution < -0.4 is 0 Å². The minimum Gasteiger partial charge on any atom is -0.478 e. The van der Waals surface area contributed by atoms with E-state index in [-0.39, 0.29) is 0 Å². The third-order valence-corrected chi connectivity index (χ3v) is 0.924. The van der Waals surface area contributed by atoms with E-state index in [1.165, 1.54) is 0 Å². The van der Waals surface area contributed by atoms with Gasteiger partial charge in [-0.3, -0.25) is 4.55 Å².